The standard InChI is InChI=1S/C17H20ClN3O2/c1-11(13-8-9-13)21-15(17(22)23-2)14(18)16(19)20-10-12-6-4-3-5-7-12/h3-7,13,21H,1,8-10H2,2H3,(H2,19,20). The van der Waals surface area contributed by atoms with Gasteiger partial charge in [0.25, 0.3) is 0 Å². The normalized spacial score (nSPS) is 15.7. The van der Waals surface area contributed by atoms with Crippen LogP contribution in [0.15, 0.2) is 58.3 Å². The van der Waals surface area contributed by atoms with Crippen LogP contribution in [0, 0.1) is 5.92 Å². The van der Waals surface area contributed by atoms with Crippen LogP contribution in [-0.4, -0.2) is 18.9 Å². The Kier molecular flexibility index (Phi) is 5.82. The van der Waals surface area contributed by atoms with E-state index in [-0.39, 0.29) is 16.6 Å². The van der Waals surface area contributed by atoms with E-state index in [0.29, 0.717) is 12.5 Å². The number of carbonyl (C=O) groups is 1. The smallest absolute Gasteiger partial charge is 0.356 e. The van der Waals surface area contributed by atoms with Crippen LogP contribution < -0.4 is 11.1 Å². The number of benzene rings is 1. The third kappa shape index (κ3) is 4.86. The maximum atomic E-state index is 11.9. The van der Waals surface area contributed by atoms with Gasteiger partial charge in [0.05, 0.1) is 13.7 Å². The molecular formula is C17H20ClN3O2. The third-order valence-electron chi connectivity index (χ3n) is 3.46. The summed E-state index contributed by atoms with van der Waals surface area (Å²) in [5.74, 6) is -0.164. The van der Waals surface area contributed by atoms with E-state index in [1.54, 1.807) is 0 Å². The number of methoxy groups -OCH3 is 1. The van der Waals surface area contributed by atoms with Gasteiger partial charge in [-0.1, -0.05) is 48.5 Å². The van der Waals surface area contributed by atoms with Gasteiger partial charge in [-0.2, -0.15) is 0 Å². The number of hydrogen-bond donors (Lipinski definition) is 2. The van der Waals surface area contributed by atoms with Crippen LogP contribution in [0.4, 0.5) is 0 Å². The minimum Gasteiger partial charge on any atom is -0.464 e. The number of nitrogens with zero attached hydrogens (tertiary/aromatic N) is 1. The Morgan fingerprint density at radius 2 is 2.09 bits per heavy atom. The monoisotopic (exact) mass is 333 g/mol. The summed E-state index contributed by atoms with van der Waals surface area (Å²) in [6, 6.07) is 9.62. The summed E-state index contributed by atoms with van der Waals surface area (Å²) in [7, 11) is 1.28. The molecule has 0 aromatic heterocycles. The van der Waals surface area contributed by atoms with Crippen molar-refractivity contribution in [3.8, 4) is 0 Å². The van der Waals surface area contributed by atoms with E-state index in [9.17, 15) is 4.79 Å². The second-order valence-corrected chi connectivity index (χ2v) is 5.67. The van der Waals surface area contributed by atoms with Crippen molar-refractivity contribution in [1.29, 1.82) is 0 Å². The summed E-state index contributed by atoms with van der Waals surface area (Å²) in [6.45, 7) is 4.29. The number of nitrogens with one attached hydrogen (secondary N) is 1. The number of esters is 1. The van der Waals surface area contributed by atoms with Crippen LogP contribution in [0.3, 0.4) is 0 Å². The molecule has 1 aliphatic rings. The van der Waals surface area contributed by atoms with E-state index in [1.165, 1.54) is 7.11 Å². The molecule has 1 fully saturated rings. The van der Waals surface area contributed by atoms with Gasteiger partial charge in [-0.25, -0.2) is 4.79 Å². The Hall–Kier alpha value is -2.27. The van der Waals surface area contributed by atoms with E-state index >= 15 is 0 Å². The highest BCUT2D eigenvalue weighted by Gasteiger charge is 2.27. The molecule has 5 nitrogen and oxygen atoms in total. The van der Waals surface area contributed by atoms with Crippen LogP contribution in [-0.2, 0) is 16.1 Å². The zero-order valence-corrected chi connectivity index (χ0v) is 13.8. The first kappa shape index (κ1) is 17.1. The molecule has 1 aliphatic carbocycles. The van der Waals surface area contributed by atoms with Crippen LogP contribution >= 0.6 is 11.6 Å². The number of rotatable bonds is 7. The average molecular weight is 334 g/mol. The van der Waals surface area contributed by atoms with E-state index in [2.05, 4.69) is 16.9 Å². The van der Waals surface area contributed by atoms with Crippen molar-refractivity contribution < 1.29 is 9.53 Å². The minimum atomic E-state index is -0.602. The van der Waals surface area contributed by atoms with Gasteiger partial charge in [0.2, 0.25) is 0 Å². The molecule has 2 rings (SSSR count). The van der Waals surface area contributed by atoms with Crippen LogP contribution in [0.5, 0.6) is 0 Å². The molecule has 0 atom stereocenters. The predicted octanol–water partition coefficient (Wildman–Crippen LogP) is 2.68. The SMILES string of the molecule is C=C(NC(C(=O)OC)=C(Cl)C(N)=NCc1ccccc1)C1CC1. The molecular weight excluding hydrogens is 314 g/mol. The van der Waals surface area contributed by atoms with Gasteiger partial charge in [-0.05, 0) is 24.3 Å². The first-order chi connectivity index (χ1) is 11.0. The fourth-order valence-electron chi connectivity index (χ4n) is 1.95. The molecule has 0 heterocycles. The lowest BCUT2D eigenvalue weighted by Gasteiger charge is -2.13. The van der Waals surface area contributed by atoms with E-state index < -0.39 is 5.97 Å². The van der Waals surface area contributed by atoms with Gasteiger partial charge >= 0.3 is 5.97 Å². The topological polar surface area (TPSA) is 76.7 Å². The van der Waals surface area contributed by atoms with E-state index in [4.69, 9.17) is 22.1 Å². The van der Waals surface area contributed by atoms with Gasteiger partial charge in [0.15, 0.2) is 0 Å². The minimum absolute atomic E-state index is 0.0366. The van der Waals surface area contributed by atoms with Gasteiger partial charge in [-0.15, -0.1) is 0 Å². The molecule has 3 N–H and O–H groups in total. The van der Waals surface area contributed by atoms with Crippen LogP contribution in [0.25, 0.3) is 0 Å². The molecule has 1 aromatic rings. The second kappa shape index (κ2) is 7.83. The van der Waals surface area contributed by atoms with Crippen molar-refractivity contribution in [3.63, 3.8) is 0 Å². The molecule has 1 saturated carbocycles. The van der Waals surface area contributed by atoms with Crippen molar-refractivity contribution in [2.75, 3.05) is 7.11 Å². The maximum Gasteiger partial charge on any atom is 0.356 e. The Morgan fingerprint density at radius 1 is 1.43 bits per heavy atom. The molecule has 6 heteroatoms. The van der Waals surface area contributed by atoms with Crippen molar-refractivity contribution in [1.82, 2.24) is 5.32 Å². The molecule has 0 saturated heterocycles. The predicted molar refractivity (Wildman–Crippen MR) is 91.7 cm³/mol. The van der Waals surface area contributed by atoms with Crippen LogP contribution in [0.2, 0.25) is 0 Å². The maximum absolute atomic E-state index is 11.9. The molecule has 23 heavy (non-hydrogen) atoms. The van der Waals surface area contributed by atoms with Crippen LogP contribution in [0.1, 0.15) is 18.4 Å². The first-order valence-corrected chi connectivity index (χ1v) is 7.68. The van der Waals surface area contributed by atoms with Crippen molar-refractivity contribution in [2.45, 2.75) is 19.4 Å². The Labute approximate surface area is 140 Å². The molecule has 0 radical (unpaired) electrons. The highest BCUT2D eigenvalue weighted by Crippen LogP contribution is 2.34. The number of ether oxygens (including phenoxy) is 1. The van der Waals surface area contributed by atoms with Gasteiger partial charge < -0.3 is 15.8 Å². The Balaban J connectivity index is 2.17. The molecule has 0 aliphatic heterocycles. The highest BCUT2D eigenvalue weighted by molar-refractivity contribution is 6.44. The van der Waals surface area contributed by atoms with Crippen molar-refractivity contribution in [3.05, 3.63) is 58.9 Å². The highest BCUT2D eigenvalue weighted by atomic mass is 35.5. The first-order valence-electron chi connectivity index (χ1n) is 7.31. The Bertz CT molecular complexity index is 649. The molecule has 122 valence electrons. The molecule has 0 bridgehead atoms. The quantitative estimate of drug-likeness (QED) is 0.348. The van der Waals surface area contributed by atoms with Gasteiger partial charge in [0, 0.05) is 5.70 Å². The number of aliphatic imine (C=N–C) groups is 1. The van der Waals surface area contributed by atoms with Gasteiger partial charge in [0.1, 0.15) is 16.6 Å². The van der Waals surface area contributed by atoms with E-state index in [1.807, 2.05) is 30.3 Å². The lowest BCUT2D eigenvalue weighted by Crippen LogP contribution is -2.27. The Morgan fingerprint density at radius 3 is 2.65 bits per heavy atom. The average Bonchev–Trinajstić information content (AvgIpc) is 3.42. The zero-order valence-electron chi connectivity index (χ0n) is 13.0. The molecule has 0 amide bonds. The molecule has 0 unspecified atom stereocenters. The zero-order chi connectivity index (χ0) is 16.8. The largest absolute Gasteiger partial charge is 0.464 e. The summed E-state index contributed by atoms with van der Waals surface area (Å²) in [5.41, 5.74) is 7.71. The lowest BCUT2D eigenvalue weighted by atomic mass is 10.2. The number of halogens is 1. The fraction of sp³-hybridized carbons (Fsp3) is 0.294. The number of allylic oxidation sites excluding steroid dienone is 1. The number of nitrogens with two attached hydrogens (primary N) is 1. The summed E-state index contributed by atoms with van der Waals surface area (Å²) >= 11 is 6.23. The second-order valence-electron chi connectivity index (χ2n) is 5.29. The van der Waals surface area contributed by atoms with Gasteiger partial charge in [-0.3, -0.25) is 4.99 Å². The van der Waals surface area contributed by atoms with Crippen molar-refractivity contribution >= 4 is 23.4 Å². The third-order valence-corrected chi connectivity index (χ3v) is 3.85. The fourth-order valence-corrected chi connectivity index (χ4v) is 2.13. The molecule has 0 spiro atoms. The lowest BCUT2D eigenvalue weighted by molar-refractivity contribution is -0.136. The number of carbonyl (C=O) groups excluding carboxylic acids is 1. The van der Waals surface area contributed by atoms with E-state index in [0.717, 1.165) is 24.1 Å². The molecule has 1 aromatic carbocycles. The summed E-state index contributed by atoms with van der Waals surface area (Å²) in [6.07, 6.45) is 2.10. The number of amidine groups is 1. The summed E-state index contributed by atoms with van der Waals surface area (Å²) in [5, 5.41) is 2.96. The summed E-state index contributed by atoms with van der Waals surface area (Å²) in [4.78, 5) is 16.2. The van der Waals surface area contributed by atoms with Crippen molar-refractivity contribution in [2.24, 2.45) is 16.6 Å². The summed E-state index contributed by atoms with van der Waals surface area (Å²) < 4.78 is 4.75. The number of hydrogen-bond acceptors (Lipinski definition) is 4.